The number of hydrogen-bond donors (Lipinski definition) is 4. The number of phenolic OH excluding ortho intramolecular Hbond substituents is 2. The van der Waals surface area contributed by atoms with Crippen molar-refractivity contribution in [3.05, 3.63) is 58.7 Å². The van der Waals surface area contributed by atoms with Crippen LogP contribution in [0.3, 0.4) is 0 Å². The van der Waals surface area contributed by atoms with Gasteiger partial charge in [-0.2, -0.15) is 0 Å². The van der Waals surface area contributed by atoms with Crippen LogP contribution in [0.5, 0.6) is 17.2 Å². The van der Waals surface area contributed by atoms with E-state index in [0.29, 0.717) is 0 Å². The third kappa shape index (κ3) is 4.91. The molecule has 4 N–H and O–H groups in total. The molecule has 0 unspecified atom stereocenters. The second-order valence-electron chi connectivity index (χ2n) is 7.28. The van der Waals surface area contributed by atoms with E-state index in [0.717, 1.165) is 11.1 Å². The topological polar surface area (TPSA) is 107 Å². The van der Waals surface area contributed by atoms with Gasteiger partial charge in [0.05, 0.1) is 18.8 Å². The van der Waals surface area contributed by atoms with Crippen molar-refractivity contribution < 1.29 is 30.0 Å². The summed E-state index contributed by atoms with van der Waals surface area (Å²) < 4.78 is 5.14. The number of rotatable bonds is 7. The smallest absolute Gasteiger partial charge is 0.193 e. The SMILES string of the molecule is COc1cc(O)c(C[C@H](O)C(C)(C)O)c(O)c1C(=O)C=Cc1ccc(C)cc1. The summed E-state index contributed by atoms with van der Waals surface area (Å²) in [7, 11) is 1.32. The molecule has 150 valence electrons. The molecular weight excluding hydrogens is 360 g/mol. The minimum Gasteiger partial charge on any atom is -0.507 e. The Balaban J connectivity index is 2.42. The fourth-order valence-corrected chi connectivity index (χ4v) is 2.65. The Morgan fingerprint density at radius 1 is 1.21 bits per heavy atom. The highest BCUT2D eigenvalue weighted by Gasteiger charge is 2.29. The number of aryl methyl sites for hydroxylation is 1. The molecule has 0 bridgehead atoms. The highest BCUT2D eigenvalue weighted by molar-refractivity contribution is 6.11. The van der Waals surface area contributed by atoms with E-state index in [-0.39, 0.29) is 29.0 Å². The molecule has 0 saturated carbocycles. The van der Waals surface area contributed by atoms with Gasteiger partial charge in [-0.1, -0.05) is 35.9 Å². The molecule has 6 nitrogen and oxygen atoms in total. The zero-order valence-corrected chi connectivity index (χ0v) is 16.4. The highest BCUT2D eigenvalue weighted by atomic mass is 16.5. The van der Waals surface area contributed by atoms with Crippen LogP contribution in [0, 0.1) is 6.92 Å². The molecule has 0 saturated heterocycles. The minimum absolute atomic E-state index is 0.00931. The Bertz CT molecular complexity index is 875. The van der Waals surface area contributed by atoms with Crippen molar-refractivity contribution in [3.8, 4) is 17.2 Å². The van der Waals surface area contributed by atoms with Gasteiger partial charge in [-0.3, -0.25) is 4.79 Å². The third-order valence-corrected chi connectivity index (χ3v) is 4.53. The highest BCUT2D eigenvalue weighted by Crippen LogP contribution is 2.39. The van der Waals surface area contributed by atoms with Crippen LogP contribution in [0.4, 0.5) is 0 Å². The van der Waals surface area contributed by atoms with Gasteiger partial charge < -0.3 is 25.2 Å². The van der Waals surface area contributed by atoms with Crippen LogP contribution >= 0.6 is 0 Å². The van der Waals surface area contributed by atoms with Crippen LogP contribution in [0.25, 0.3) is 6.08 Å². The van der Waals surface area contributed by atoms with E-state index in [1.807, 2.05) is 31.2 Å². The fourth-order valence-electron chi connectivity index (χ4n) is 2.65. The second kappa shape index (κ2) is 8.46. The predicted molar refractivity (Wildman–Crippen MR) is 107 cm³/mol. The van der Waals surface area contributed by atoms with Gasteiger partial charge in [-0.15, -0.1) is 0 Å². The standard InChI is InChI=1S/C22H26O6/c1-13-5-7-14(8-6-13)9-10-16(23)20-18(28-4)12-17(24)15(21(20)26)11-19(25)22(2,3)27/h5-10,12,19,24-27H,11H2,1-4H3/t19-/m0/s1. The number of phenols is 2. The number of aromatic hydroxyl groups is 2. The lowest BCUT2D eigenvalue weighted by Gasteiger charge is -2.25. The third-order valence-electron chi connectivity index (χ3n) is 4.53. The van der Waals surface area contributed by atoms with Gasteiger partial charge in [0.25, 0.3) is 0 Å². The maximum atomic E-state index is 12.7. The summed E-state index contributed by atoms with van der Waals surface area (Å²) in [5.74, 6) is -1.33. The summed E-state index contributed by atoms with van der Waals surface area (Å²) in [6, 6.07) is 8.76. The van der Waals surface area contributed by atoms with Crippen LogP contribution in [-0.4, -0.2) is 45.0 Å². The van der Waals surface area contributed by atoms with Crippen molar-refractivity contribution in [2.24, 2.45) is 0 Å². The van der Waals surface area contributed by atoms with Crippen molar-refractivity contribution in [2.75, 3.05) is 7.11 Å². The molecule has 0 heterocycles. The Hall–Kier alpha value is -2.83. The average molecular weight is 386 g/mol. The Morgan fingerprint density at radius 2 is 1.82 bits per heavy atom. The van der Waals surface area contributed by atoms with E-state index in [1.54, 1.807) is 6.08 Å². The summed E-state index contributed by atoms with van der Waals surface area (Å²) in [5, 5.41) is 40.8. The van der Waals surface area contributed by atoms with E-state index in [4.69, 9.17) is 4.74 Å². The number of carbonyl (C=O) groups is 1. The number of methoxy groups -OCH3 is 1. The Labute approximate surface area is 164 Å². The molecule has 0 radical (unpaired) electrons. The monoisotopic (exact) mass is 386 g/mol. The average Bonchev–Trinajstić information content (AvgIpc) is 2.62. The first-order valence-electron chi connectivity index (χ1n) is 8.86. The summed E-state index contributed by atoms with van der Waals surface area (Å²) >= 11 is 0. The van der Waals surface area contributed by atoms with Gasteiger partial charge in [-0.05, 0) is 32.4 Å². The zero-order valence-electron chi connectivity index (χ0n) is 16.4. The maximum Gasteiger partial charge on any atom is 0.193 e. The first-order chi connectivity index (χ1) is 13.0. The van der Waals surface area contributed by atoms with Crippen LogP contribution in [-0.2, 0) is 6.42 Å². The van der Waals surface area contributed by atoms with Gasteiger partial charge in [0.15, 0.2) is 5.78 Å². The lowest BCUT2D eigenvalue weighted by Crippen LogP contribution is -2.37. The first-order valence-corrected chi connectivity index (χ1v) is 8.86. The second-order valence-corrected chi connectivity index (χ2v) is 7.28. The molecule has 2 aromatic rings. The van der Waals surface area contributed by atoms with Crippen LogP contribution < -0.4 is 4.74 Å². The number of ketones is 1. The van der Waals surface area contributed by atoms with Crippen molar-refractivity contribution >= 4 is 11.9 Å². The predicted octanol–water partition coefficient (Wildman–Crippen LogP) is 2.99. The molecule has 0 aliphatic heterocycles. The Morgan fingerprint density at radius 3 is 2.36 bits per heavy atom. The quantitative estimate of drug-likeness (QED) is 0.430. The van der Waals surface area contributed by atoms with E-state index in [1.165, 1.54) is 33.1 Å². The summed E-state index contributed by atoms with van der Waals surface area (Å²) in [4.78, 5) is 12.7. The number of aliphatic hydroxyl groups excluding tert-OH is 1. The molecule has 2 rings (SSSR count). The largest absolute Gasteiger partial charge is 0.507 e. The Kier molecular flexibility index (Phi) is 6.48. The molecule has 0 spiro atoms. The van der Waals surface area contributed by atoms with E-state index < -0.39 is 23.2 Å². The summed E-state index contributed by atoms with van der Waals surface area (Å²) in [5.41, 5.74) is 0.295. The van der Waals surface area contributed by atoms with Gasteiger partial charge in [0.2, 0.25) is 0 Å². The van der Waals surface area contributed by atoms with Crippen LogP contribution in [0.2, 0.25) is 0 Å². The lowest BCUT2D eigenvalue weighted by molar-refractivity contribution is -0.0473. The van der Waals surface area contributed by atoms with Gasteiger partial charge >= 0.3 is 0 Å². The van der Waals surface area contributed by atoms with Gasteiger partial charge in [0.1, 0.15) is 22.8 Å². The van der Waals surface area contributed by atoms with Crippen LogP contribution in [0.1, 0.15) is 40.9 Å². The molecule has 0 aliphatic carbocycles. The van der Waals surface area contributed by atoms with Crippen LogP contribution in [0.15, 0.2) is 36.4 Å². The number of allylic oxidation sites excluding steroid dienone is 1. The fraction of sp³-hybridized carbons (Fsp3) is 0.318. The molecule has 6 heteroatoms. The molecule has 28 heavy (non-hydrogen) atoms. The molecule has 0 fully saturated rings. The molecular formula is C22H26O6. The molecule has 1 atom stereocenters. The van der Waals surface area contributed by atoms with E-state index in [9.17, 15) is 25.2 Å². The number of benzene rings is 2. The molecule has 0 amide bonds. The lowest BCUT2D eigenvalue weighted by atomic mass is 9.92. The summed E-state index contributed by atoms with van der Waals surface area (Å²) in [6.07, 6.45) is 1.41. The number of aliphatic hydroxyl groups is 2. The number of ether oxygens (including phenoxy) is 1. The molecule has 2 aromatic carbocycles. The molecule has 0 aliphatic rings. The number of carbonyl (C=O) groups excluding carboxylic acids is 1. The van der Waals surface area contributed by atoms with Crippen molar-refractivity contribution in [2.45, 2.75) is 38.9 Å². The molecule has 0 aromatic heterocycles. The van der Waals surface area contributed by atoms with E-state index in [2.05, 4.69) is 0 Å². The normalized spacial score (nSPS) is 12.9. The van der Waals surface area contributed by atoms with Crippen molar-refractivity contribution in [1.29, 1.82) is 0 Å². The first kappa shape index (κ1) is 21.5. The van der Waals surface area contributed by atoms with Crippen molar-refractivity contribution in [3.63, 3.8) is 0 Å². The zero-order chi connectivity index (χ0) is 21.1. The summed E-state index contributed by atoms with van der Waals surface area (Å²) in [6.45, 7) is 4.78. The minimum atomic E-state index is -1.45. The van der Waals surface area contributed by atoms with E-state index >= 15 is 0 Å². The maximum absolute atomic E-state index is 12.7. The van der Waals surface area contributed by atoms with Crippen molar-refractivity contribution in [1.82, 2.24) is 0 Å². The van der Waals surface area contributed by atoms with Gasteiger partial charge in [0, 0.05) is 18.1 Å². The van der Waals surface area contributed by atoms with Gasteiger partial charge in [-0.25, -0.2) is 0 Å². The number of hydrogen-bond acceptors (Lipinski definition) is 6.